The average molecular weight is 328 g/mol. The Labute approximate surface area is 144 Å². The number of urea groups is 1. The number of ether oxygens (including phenoxy) is 1. The van der Waals surface area contributed by atoms with E-state index in [0.29, 0.717) is 24.5 Å². The molecule has 3 fully saturated rings. The van der Waals surface area contributed by atoms with Crippen LogP contribution in [-0.2, 0) is 4.74 Å². The number of hydrogen-bond acceptors (Lipinski definition) is 2. The lowest BCUT2D eigenvalue weighted by atomic mass is 9.95. The quantitative estimate of drug-likeness (QED) is 0.891. The molecule has 1 aliphatic heterocycles. The molecular weight excluding hydrogens is 300 g/mol. The van der Waals surface area contributed by atoms with Gasteiger partial charge in [0.05, 0.1) is 6.10 Å². The van der Waals surface area contributed by atoms with E-state index in [2.05, 4.69) is 34.5 Å². The molecule has 0 radical (unpaired) electrons. The van der Waals surface area contributed by atoms with Crippen molar-refractivity contribution in [1.82, 2.24) is 10.2 Å². The fourth-order valence-electron chi connectivity index (χ4n) is 4.33. The minimum Gasteiger partial charge on any atom is -0.373 e. The van der Waals surface area contributed by atoms with Gasteiger partial charge in [-0.1, -0.05) is 43.2 Å². The third-order valence-electron chi connectivity index (χ3n) is 5.75. The van der Waals surface area contributed by atoms with Crippen LogP contribution in [0.15, 0.2) is 30.3 Å². The molecule has 130 valence electrons. The summed E-state index contributed by atoms with van der Waals surface area (Å²) < 4.78 is 5.94. The minimum atomic E-state index is 0.118. The molecule has 1 aromatic rings. The summed E-state index contributed by atoms with van der Waals surface area (Å²) in [5.41, 5.74) is 1.23. The number of carbonyl (C=O) groups excluding carboxylic acids is 1. The van der Waals surface area contributed by atoms with Crippen LogP contribution in [0.2, 0.25) is 0 Å². The normalized spacial score (nSPS) is 27.3. The maximum Gasteiger partial charge on any atom is 0.317 e. The van der Waals surface area contributed by atoms with Gasteiger partial charge in [0.15, 0.2) is 0 Å². The van der Waals surface area contributed by atoms with Crippen molar-refractivity contribution in [2.75, 3.05) is 13.2 Å². The molecule has 3 aliphatic rings. The summed E-state index contributed by atoms with van der Waals surface area (Å²) in [5.74, 6) is 0.376. The monoisotopic (exact) mass is 328 g/mol. The number of carbonyl (C=O) groups is 1. The fraction of sp³-hybridized carbons (Fsp3) is 0.650. The summed E-state index contributed by atoms with van der Waals surface area (Å²) in [7, 11) is 0. The Morgan fingerprint density at radius 1 is 1.04 bits per heavy atom. The first-order valence-corrected chi connectivity index (χ1v) is 9.55. The lowest BCUT2D eigenvalue weighted by molar-refractivity contribution is 0.0901. The highest BCUT2D eigenvalue weighted by molar-refractivity contribution is 5.75. The van der Waals surface area contributed by atoms with Crippen LogP contribution in [0.4, 0.5) is 4.79 Å². The van der Waals surface area contributed by atoms with Crippen LogP contribution in [0, 0.1) is 5.92 Å². The van der Waals surface area contributed by atoms with E-state index in [1.165, 1.54) is 44.1 Å². The third-order valence-corrected chi connectivity index (χ3v) is 5.75. The van der Waals surface area contributed by atoms with Crippen molar-refractivity contribution in [1.29, 1.82) is 0 Å². The molecule has 4 nitrogen and oxygen atoms in total. The minimum absolute atomic E-state index is 0.118. The zero-order chi connectivity index (χ0) is 16.4. The third kappa shape index (κ3) is 3.44. The molecular formula is C20H28N2O2. The topological polar surface area (TPSA) is 41.6 Å². The van der Waals surface area contributed by atoms with E-state index < -0.39 is 0 Å². The number of benzene rings is 1. The van der Waals surface area contributed by atoms with Gasteiger partial charge in [-0.2, -0.15) is 0 Å². The van der Waals surface area contributed by atoms with Gasteiger partial charge in [-0.05, 0) is 37.7 Å². The van der Waals surface area contributed by atoms with Gasteiger partial charge in [0, 0.05) is 31.2 Å². The average Bonchev–Trinajstić information content (AvgIpc) is 3.11. The van der Waals surface area contributed by atoms with E-state index >= 15 is 0 Å². The zero-order valence-electron chi connectivity index (χ0n) is 14.3. The number of rotatable bonds is 5. The molecule has 2 saturated carbocycles. The van der Waals surface area contributed by atoms with Crippen LogP contribution in [0.1, 0.15) is 56.6 Å². The van der Waals surface area contributed by atoms with Crippen molar-refractivity contribution >= 4 is 6.03 Å². The summed E-state index contributed by atoms with van der Waals surface area (Å²) in [6, 6.07) is 11.5. The van der Waals surface area contributed by atoms with Crippen molar-refractivity contribution in [3.8, 4) is 0 Å². The molecule has 0 aromatic heterocycles. The molecule has 1 heterocycles. The van der Waals surface area contributed by atoms with Gasteiger partial charge in [0.1, 0.15) is 0 Å². The number of nitrogens with one attached hydrogen (secondary N) is 1. The Morgan fingerprint density at radius 3 is 2.46 bits per heavy atom. The van der Waals surface area contributed by atoms with Crippen LogP contribution in [0.3, 0.4) is 0 Å². The zero-order valence-corrected chi connectivity index (χ0v) is 14.3. The Balaban J connectivity index is 1.35. The van der Waals surface area contributed by atoms with Crippen molar-refractivity contribution in [2.24, 2.45) is 5.92 Å². The summed E-state index contributed by atoms with van der Waals surface area (Å²) >= 11 is 0. The Hall–Kier alpha value is -1.55. The molecule has 1 aromatic carbocycles. The Bertz CT molecular complexity index is 552. The molecule has 1 saturated heterocycles. The second-order valence-corrected chi connectivity index (χ2v) is 7.51. The lowest BCUT2D eigenvalue weighted by Gasteiger charge is -2.30. The highest BCUT2D eigenvalue weighted by Gasteiger charge is 2.39. The fourth-order valence-corrected chi connectivity index (χ4v) is 4.33. The van der Waals surface area contributed by atoms with Crippen LogP contribution in [0.25, 0.3) is 0 Å². The molecule has 1 N–H and O–H groups in total. The van der Waals surface area contributed by atoms with Gasteiger partial charge < -0.3 is 15.0 Å². The molecule has 0 unspecified atom stereocenters. The van der Waals surface area contributed by atoms with Gasteiger partial charge >= 0.3 is 6.03 Å². The largest absolute Gasteiger partial charge is 0.373 e. The molecule has 24 heavy (non-hydrogen) atoms. The maximum absolute atomic E-state index is 12.8. The number of hydrogen-bond donors (Lipinski definition) is 1. The van der Waals surface area contributed by atoms with Crippen molar-refractivity contribution in [3.05, 3.63) is 35.9 Å². The highest BCUT2D eigenvalue weighted by Crippen LogP contribution is 2.36. The Morgan fingerprint density at radius 2 is 1.75 bits per heavy atom. The molecule has 2 aliphatic carbocycles. The maximum atomic E-state index is 12.8. The van der Waals surface area contributed by atoms with Crippen LogP contribution in [0.5, 0.6) is 0 Å². The summed E-state index contributed by atoms with van der Waals surface area (Å²) in [6.07, 6.45) is 8.42. The summed E-state index contributed by atoms with van der Waals surface area (Å²) in [6.45, 7) is 1.50. The van der Waals surface area contributed by atoms with E-state index in [1.807, 2.05) is 6.07 Å². The van der Waals surface area contributed by atoms with Gasteiger partial charge in [-0.15, -0.1) is 0 Å². The highest BCUT2D eigenvalue weighted by atomic mass is 16.5. The van der Waals surface area contributed by atoms with E-state index in [-0.39, 0.29) is 12.1 Å². The van der Waals surface area contributed by atoms with E-state index in [4.69, 9.17) is 4.74 Å². The van der Waals surface area contributed by atoms with Gasteiger partial charge in [-0.3, -0.25) is 0 Å². The SMILES string of the molecule is O=C(NC[C@@H]1CCO[C@@H]1c1ccccc1)N(C1CCCC1)C1CC1. The van der Waals surface area contributed by atoms with Crippen LogP contribution in [-0.4, -0.2) is 36.2 Å². The second kappa shape index (κ2) is 7.14. The van der Waals surface area contributed by atoms with Crippen LogP contribution >= 0.6 is 0 Å². The molecule has 4 heteroatoms. The Kier molecular flexibility index (Phi) is 4.74. The van der Waals surface area contributed by atoms with E-state index in [1.54, 1.807) is 0 Å². The van der Waals surface area contributed by atoms with E-state index in [9.17, 15) is 4.79 Å². The van der Waals surface area contributed by atoms with Gasteiger partial charge in [-0.25, -0.2) is 4.79 Å². The van der Waals surface area contributed by atoms with Crippen molar-refractivity contribution < 1.29 is 9.53 Å². The molecule has 0 bridgehead atoms. The predicted octanol–water partition coefficient (Wildman–Crippen LogP) is 3.88. The summed E-state index contributed by atoms with van der Waals surface area (Å²) in [4.78, 5) is 15.0. The lowest BCUT2D eigenvalue weighted by Crippen LogP contribution is -2.47. The van der Waals surface area contributed by atoms with Gasteiger partial charge in [0.25, 0.3) is 0 Å². The van der Waals surface area contributed by atoms with Crippen LogP contribution < -0.4 is 5.32 Å². The molecule has 2 amide bonds. The number of nitrogens with zero attached hydrogens (tertiary/aromatic N) is 1. The second-order valence-electron chi connectivity index (χ2n) is 7.51. The molecule has 2 atom stereocenters. The number of amides is 2. The first kappa shape index (κ1) is 15.9. The molecule has 0 spiro atoms. The predicted molar refractivity (Wildman–Crippen MR) is 93.8 cm³/mol. The smallest absolute Gasteiger partial charge is 0.317 e. The van der Waals surface area contributed by atoms with Crippen molar-refractivity contribution in [3.63, 3.8) is 0 Å². The van der Waals surface area contributed by atoms with Crippen molar-refractivity contribution in [2.45, 2.75) is 63.1 Å². The first-order chi connectivity index (χ1) is 11.8. The first-order valence-electron chi connectivity index (χ1n) is 9.55. The van der Waals surface area contributed by atoms with Gasteiger partial charge in [0.2, 0.25) is 0 Å². The molecule has 4 rings (SSSR count). The standard InChI is InChI=1S/C20H28N2O2/c23-20(22(18-10-11-18)17-8-4-5-9-17)21-14-16-12-13-24-19(16)15-6-2-1-3-7-15/h1-3,6-7,16-19H,4-5,8-14H2,(H,21,23)/t16-,19+/m0/s1. The van der Waals surface area contributed by atoms with E-state index in [0.717, 1.165) is 13.0 Å². The summed E-state index contributed by atoms with van der Waals surface area (Å²) in [5, 5.41) is 3.23.